The molecular weight excluding hydrogens is 456 g/mol. The molecule has 176 valence electrons. The van der Waals surface area contributed by atoms with Gasteiger partial charge in [-0.05, 0) is 54.1 Å². The fourth-order valence-electron chi connectivity index (χ4n) is 3.80. The monoisotopic (exact) mass is 482 g/mol. The third-order valence-electron chi connectivity index (χ3n) is 5.53. The van der Waals surface area contributed by atoms with E-state index in [1.165, 1.54) is 0 Å². The molecule has 35 heavy (non-hydrogen) atoms. The first-order chi connectivity index (χ1) is 17.3. The zero-order valence-electron chi connectivity index (χ0n) is 19.4. The average Bonchev–Trinajstić information content (AvgIpc) is 3.37. The number of anilines is 2. The number of para-hydroxylation sites is 1. The predicted molar refractivity (Wildman–Crippen MR) is 143 cm³/mol. The zero-order valence-corrected chi connectivity index (χ0v) is 20.2. The van der Waals surface area contributed by atoms with E-state index in [0.29, 0.717) is 13.2 Å². The van der Waals surface area contributed by atoms with Crippen LogP contribution in [0, 0.1) is 0 Å². The number of nitrogens with one attached hydrogen (secondary N) is 2. The fraction of sp³-hybridized carbons (Fsp3) is 0.143. The van der Waals surface area contributed by atoms with E-state index in [1.54, 1.807) is 18.4 Å². The van der Waals surface area contributed by atoms with Crippen molar-refractivity contribution in [3.63, 3.8) is 0 Å². The Morgan fingerprint density at radius 1 is 0.886 bits per heavy atom. The van der Waals surface area contributed by atoms with Crippen molar-refractivity contribution in [2.24, 2.45) is 0 Å². The highest BCUT2D eigenvalue weighted by Crippen LogP contribution is 2.33. The van der Waals surface area contributed by atoms with Crippen LogP contribution in [0.2, 0.25) is 0 Å². The molecule has 0 spiro atoms. The van der Waals surface area contributed by atoms with Gasteiger partial charge in [-0.1, -0.05) is 30.3 Å². The van der Waals surface area contributed by atoms with Crippen molar-refractivity contribution in [3.8, 4) is 21.9 Å². The molecule has 0 atom stereocenters. The molecule has 2 N–H and O–H groups in total. The van der Waals surface area contributed by atoms with Crippen molar-refractivity contribution in [1.29, 1.82) is 0 Å². The highest BCUT2D eigenvalue weighted by atomic mass is 32.1. The van der Waals surface area contributed by atoms with E-state index in [9.17, 15) is 0 Å². The molecule has 0 saturated carbocycles. The molecule has 3 aromatic carbocycles. The van der Waals surface area contributed by atoms with Gasteiger partial charge in [-0.15, -0.1) is 11.3 Å². The number of aromatic nitrogens is 2. The molecule has 0 fully saturated rings. The second-order valence-corrected chi connectivity index (χ2v) is 8.81. The molecule has 0 bridgehead atoms. The van der Waals surface area contributed by atoms with Crippen LogP contribution in [0.3, 0.4) is 0 Å². The zero-order chi connectivity index (χ0) is 23.9. The van der Waals surface area contributed by atoms with Crippen LogP contribution in [0.25, 0.3) is 21.3 Å². The van der Waals surface area contributed by atoms with Gasteiger partial charge < -0.3 is 20.1 Å². The summed E-state index contributed by atoms with van der Waals surface area (Å²) in [5.74, 6) is 1.61. The van der Waals surface area contributed by atoms with Crippen molar-refractivity contribution in [2.75, 3.05) is 25.6 Å². The third-order valence-corrected chi connectivity index (χ3v) is 6.45. The van der Waals surface area contributed by atoms with Gasteiger partial charge in [0.05, 0.1) is 28.2 Å². The van der Waals surface area contributed by atoms with Crippen molar-refractivity contribution in [3.05, 3.63) is 96.3 Å². The Morgan fingerprint density at radius 2 is 1.71 bits per heavy atom. The SMILES string of the molecule is COCCNCc1ncsc1-c1ccc2c(Nc3ccc(Oc4ccccc4)cc3)ccnc2c1. The molecule has 5 aromatic rings. The molecule has 2 heterocycles. The standard InChI is InChI=1S/C28H26N4O2S/c1-33-16-15-29-18-27-28(35-19-31-27)20-7-12-24-25(13-14-30-26(24)17-20)32-21-8-10-23(11-9-21)34-22-5-3-2-4-6-22/h2-14,17,19,29H,15-16,18H2,1H3,(H,30,32). The second-order valence-electron chi connectivity index (χ2n) is 7.95. The number of benzene rings is 3. The topological polar surface area (TPSA) is 68.3 Å². The molecule has 6 nitrogen and oxygen atoms in total. The van der Waals surface area contributed by atoms with Gasteiger partial charge in [-0.3, -0.25) is 4.98 Å². The summed E-state index contributed by atoms with van der Waals surface area (Å²) in [6.45, 7) is 2.18. The van der Waals surface area contributed by atoms with Gasteiger partial charge in [0.1, 0.15) is 11.5 Å². The average molecular weight is 483 g/mol. The molecule has 7 heteroatoms. The van der Waals surface area contributed by atoms with Gasteiger partial charge in [-0.25, -0.2) is 4.98 Å². The number of thiazole rings is 1. The lowest BCUT2D eigenvalue weighted by Crippen LogP contribution is -2.19. The highest BCUT2D eigenvalue weighted by Gasteiger charge is 2.11. The van der Waals surface area contributed by atoms with Crippen LogP contribution in [0.4, 0.5) is 11.4 Å². The summed E-state index contributed by atoms with van der Waals surface area (Å²) in [7, 11) is 1.70. The second kappa shape index (κ2) is 11.1. The largest absolute Gasteiger partial charge is 0.457 e. The van der Waals surface area contributed by atoms with Crippen LogP contribution in [-0.4, -0.2) is 30.2 Å². The molecule has 0 aliphatic heterocycles. The quantitative estimate of drug-likeness (QED) is 0.218. The maximum atomic E-state index is 5.90. The van der Waals surface area contributed by atoms with Crippen LogP contribution in [0.15, 0.2) is 90.6 Å². The molecule has 5 rings (SSSR count). The van der Waals surface area contributed by atoms with Gasteiger partial charge in [-0.2, -0.15) is 0 Å². The molecule has 0 amide bonds. The maximum absolute atomic E-state index is 5.90. The number of methoxy groups -OCH3 is 1. The number of rotatable bonds is 10. The molecule has 2 aromatic heterocycles. The lowest BCUT2D eigenvalue weighted by atomic mass is 10.1. The lowest BCUT2D eigenvalue weighted by Gasteiger charge is -2.12. The smallest absolute Gasteiger partial charge is 0.127 e. The summed E-state index contributed by atoms with van der Waals surface area (Å²) in [6, 6.07) is 26.1. The van der Waals surface area contributed by atoms with Gasteiger partial charge >= 0.3 is 0 Å². The Kier molecular flexibility index (Phi) is 7.29. The van der Waals surface area contributed by atoms with Crippen LogP contribution in [0.5, 0.6) is 11.5 Å². The minimum atomic E-state index is 0.678. The number of hydrogen-bond acceptors (Lipinski definition) is 7. The molecule has 0 radical (unpaired) electrons. The molecular formula is C28H26N4O2S. The lowest BCUT2D eigenvalue weighted by molar-refractivity contribution is 0.199. The number of ether oxygens (including phenoxy) is 2. The van der Waals surface area contributed by atoms with Crippen molar-refractivity contribution >= 4 is 33.6 Å². The normalized spacial score (nSPS) is 11.0. The van der Waals surface area contributed by atoms with Crippen LogP contribution < -0.4 is 15.4 Å². The maximum Gasteiger partial charge on any atom is 0.127 e. The summed E-state index contributed by atoms with van der Waals surface area (Å²) in [4.78, 5) is 10.3. The molecule has 0 unspecified atom stereocenters. The van der Waals surface area contributed by atoms with Crippen LogP contribution in [0.1, 0.15) is 5.69 Å². The molecule has 0 aliphatic carbocycles. The van der Waals surface area contributed by atoms with Gasteiger partial charge in [0.2, 0.25) is 0 Å². The number of hydrogen-bond donors (Lipinski definition) is 2. The van der Waals surface area contributed by atoms with Crippen molar-refractivity contribution < 1.29 is 9.47 Å². The van der Waals surface area contributed by atoms with Gasteiger partial charge in [0.15, 0.2) is 0 Å². The molecule has 0 aliphatic rings. The summed E-state index contributed by atoms with van der Waals surface area (Å²) in [5.41, 5.74) is 6.97. The van der Waals surface area contributed by atoms with E-state index in [2.05, 4.69) is 38.8 Å². The Hall–Kier alpha value is -3.78. The highest BCUT2D eigenvalue weighted by molar-refractivity contribution is 7.13. The molecule has 0 saturated heterocycles. The van der Waals surface area contributed by atoms with E-state index in [0.717, 1.165) is 56.5 Å². The summed E-state index contributed by atoms with van der Waals surface area (Å²) < 4.78 is 11.0. The predicted octanol–water partition coefficient (Wildman–Crippen LogP) is 6.63. The van der Waals surface area contributed by atoms with E-state index in [4.69, 9.17) is 9.47 Å². The Labute approximate surface area is 208 Å². The van der Waals surface area contributed by atoms with Gasteiger partial charge in [0.25, 0.3) is 0 Å². The van der Waals surface area contributed by atoms with Crippen molar-refractivity contribution in [2.45, 2.75) is 6.54 Å². The fourth-order valence-corrected chi connectivity index (χ4v) is 4.61. The minimum absolute atomic E-state index is 0.678. The Balaban J connectivity index is 1.32. The Bertz CT molecular complexity index is 1390. The van der Waals surface area contributed by atoms with Crippen molar-refractivity contribution in [1.82, 2.24) is 15.3 Å². The first-order valence-electron chi connectivity index (χ1n) is 11.4. The first kappa shape index (κ1) is 23.0. The van der Waals surface area contributed by atoms with E-state index in [1.807, 2.05) is 72.4 Å². The number of pyridine rings is 1. The summed E-state index contributed by atoms with van der Waals surface area (Å²) in [5, 5.41) is 7.95. The number of nitrogens with zero attached hydrogens (tertiary/aromatic N) is 2. The van der Waals surface area contributed by atoms with E-state index < -0.39 is 0 Å². The van der Waals surface area contributed by atoms with Gasteiger partial charge in [0, 0.05) is 43.2 Å². The third kappa shape index (κ3) is 5.66. The minimum Gasteiger partial charge on any atom is -0.457 e. The van der Waals surface area contributed by atoms with Crippen LogP contribution >= 0.6 is 11.3 Å². The van der Waals surface area contributed by atoms with E-state index in [-0.39, 0.29) is 0 Å². The van der Waals surface area contributed by atoms with Crippen LogP contribution in [-0.2, 0) is 11.3 Å². The number of fused-ring (bicyclic) bond motifs is 1. The summed E-state index contributed by atoms with van der Waals surface area (Å²) in [6.07, 6.45) is 1.83. The summed E-state index contributed by atoms with van der Waals surface area (Å²) >= 11 is 1.65. The Morgan fingerprint density at radius 3 is 2.54 bits per heavy atom. The first-order valence-corrected chi connectivity index (χ1v) is 12.3. The van der Waals surface area contributed by atoms with E-state index >= 15 is 0 Å².